The molecule has 6 heteroatoms. The Balaban J connectivity index is 1.72. The molecule has 4 nitrogen and oxygen atoms in total. The minimum atomic E-state index is -0.259. The van der Waals surface area contributed by atoms with Gasteiger partial charge in [-0.1, -0.05) is 74.3 Å². The number of carbonyl (C=O) groups excluding carboxylic acids is 1. The summed E-state index contributed by atoms with van der Waals surface area (Å²) in [6.45, 7) is 0. The van der Waals surface area contributed by atoms with Crippen LogP contribution in [0.2, 0.25) is 0 Å². The number of amides is 1. The summed E-state index contributed by atoms with van der Waals surface area (Å²) in [7, 11) is 0. The van der Waals surface area contributed by atoms with Gasteiger partial charge in [0.25, 0.3) is 5.91 Å². The SMILES string of the molecule is O=C1c2[nH]nc(-c3ccc(Br)cc3)c2[C@H](c2ccc(Br)cc2)N1c1ccccc1. The van der Waals surface area contributed by atoms with Crippen LogP contribution < -0.4 is 4.90 Å². The van der Waals surface area contributed by atoms with Crippen molar-refractivity contribution in [3.63, 3.8) is 0 Å². The van der Waals surface area contributed by atoms with E-state index in [9.17, 15) is 4.79 Å². The van der Waals surface area contributed by atoms with E-state index in [1.807, 2.05) is 83.8 Å². The highest BCUT2D eigenvalue weighted by Gasteiger charge is 2.42. The molecule has 0 fully saturated rings. The monoisotopic (exact) mass is 507 g/mol. The third-order valence-electron chi connectivity index (χ3n) is 5.11. The van der Waals surface area contributed by atoms with E-state index < -0.39 is 0 Å². The summed E-state index contributed by atoms with van der Waals surface area (Å²) >= 11 is 6.99. The Hall–Kier alpha value is -2.70. The maximum absolute atomic E-state index is 13.4. The first-order valence-corrected chi connectivity index (χ1v) is 10.7. The summed E-state index contributed by atoms with van der Waals surface area (Å²) in [6, 6.07) is 25.6. The largest absolute Gasteiger partial charge is 0.295 e. The van der Waals surface area contributed by atoms with E-state index in [0.717, 1.165) is 37.0 Å². The molecule has 142 valence electrons. The summed E-state index contributed by atoms with van der Waals surface area (Å²) < 4.78 is 2.00. The van der Waals surface area contributed by atoms with Crippen LogP contribution in [0.15, 0.2) is 87.8 Å². The molecule has 5 rings (SSSR count). The van der Waals surface area contributed by atoms with Gasteiger partial charge in [0.15, 0.2) is 0 Å². The van der Waals surface area contributed by atoms with Gasteiger partial charge >= 0.3 is 0 Å². The van der Waals surface area contributed by atoms with E-state index in [-0.39, 0.29) is 11.9 Å². The van der Waals surface area contributed by atoms with Crippen molar-refractivity contribution >= 4 is 43.5 Å². The molecule has 0 unspecified atom stereocenters. The van der Waals surface area contributed by atoms with Gasteiger partial charge < -0.3 is 0 Å². The number of rotatable bonds is 3. The highest BCUT2D eigenvalue weighted by Crippen LogP contribution is 2.45. The molecule has 1 aliphatic rings. The van der Waals surface area contributed by atoms with Crippen molar-refractivity contribution in [1.82, 2.24) is 10.2 Å². The van der Waals surface area contributed by atoms with Gasteiger partial charge in [-0.25, -0.2) is 0 Å². The van der Waals surface area contributed by atoms with E-state index in [2.05, 4.69) is 42.1 Å². The number of hydrogen-bond acceptors (Lipinski definition) is 2. The van der Waals surface area contributed by atoms with Crippen LogP contribution in [0.5, 0.6) is 0 Å². The zero-order valence-electron chi connectivity index (χ0n) is 15.1. The van der Waals surface area contributed by atoms with Gasteiger partial charge in [-0.15, -0.1) is 0 Å². The zero-order valence-corrected chi connectivity index (χ0v) is 18.3. The van der Waals surface area contributed by atoms with Gasteiger partial charge in [-0.05, 0) is 42.0 Å². The van der Waals surface area contributed by atoms with Crippen molar-refractivity contribution in [2.24, 2.45) is 0 Å². The molecule has 0 aliphatic carbocycles. The first-order valence-electron chi connectivity index (χ1n) is 9.12. The fraction of sp³-hybridized carbons (Fsp3) is 0.0435. The Labute approximate surface area is 184 Å². The molecule has 1 N–H and O–H groups in total. The van der Waals surface area contributed by atoms with Gasteiger partial charge in [0.1, 0.15) is 5.69 Å². The number of fused-ring (bicyclic) bond motifs is 1. The summed E-state index contributed by atoms with van der Waals surface area (Å²) in [6.07, 6.45) is 0. The van der Waals surface area contributed by atoms with Crippen molar-refractivity contribution in [3.8, 4) is 11.3 Å². The number of aromatic amines is 1. The Morgan fingerprint density at radius 3 is 2.10 bits per heavy atom. The lowest BCUT2D eigenvalue weighted by atomic mass is 9.96. The molecule has 0 radical (unpaired) electrons. The number of para-hydroxylation sites is 1. The van der Waals surface area contributed by atoms with E-state index >= 15 is 0 Å². The minimum absolute atomic E-state index is 0.0741. The number of carbonyl (C=O) groups is 1. The van der Waals surface area contributed by atoms with Crippen LogP contribution in [0.3, 0.4) is 0 Å². The highest BCUT2D eigenvalue weighted by atomic mass is 79.9. The summed E-state index contributed by atoms with van der Waals surface area (Å²) in [5.74, 6) is -0.0741. The van der Waals surface area contributed by atoms with Gasteiger partial charge in [0.2, 0.25) is 0 Å². The highest BCUT2D eigenvalue weighted by molar-refractivity contribution is 9.10. The molecule has 3 aromatic carbocycles. The van der Waals surface area contributed by atoms with E-state index in [4.69, 9.17) is 0 Å². The third-order valence-corrected chi connectivity index (χ3v) is 6.16. The predicted octanol–water partition coefficient (Wildman–Crippen LogP) is 6.35. The Bertz CT molecular complexity index is 1190. The molecule has 4 aromatic rings. The van der Waals surface area contributed by atoms with Gasteiger partial charge in [0.05, 0.1) is 11.7 Å². The van der Waals surface area contributed by atoms with Crippen molar-refractivity contribution in [3.05, 3.63) is 105 Å². The summed E-state index contributed by atoms with van der Waals surface area (Å²) in [5, 5.41) is 7.51. The second-order valence-electron chi connectivity index (χ2n) is 6.83. The number of anilines is 1. The van der Waals surface area contributed by atoms with Gasteiger partial charge in [0, 0.05) is 25.8 Å². The zero-order chi connectivity index (χ0) is 20.0. The molecule has 1 amide bonds. The molecular weight excluding hydrogens is 494 g/mol. The molecule has 2 heterocycles. The van der Waals surface area contributed by atoms with Crippen LogP contribution in [0.25, 0.3) is 11.3 Å². The Morgan fingerprint density at radius 1 is 0.828 bits per heavy atom. The van der Waals surface area contributed by atoms with Gasteiger partial charge in [-0.2, -0.15) is 5.10 Å². The maximum atomic E-state index is 13.4. The van der Waals surface area contributed by atoms with Crippen LogP contribution in [0.1, 0.15) is 27.7 Å². The number of nitrogens with one attached hydrogen (secondary N) is 1. The Morgan fingerprint density at radius 2 is 1.45 bits per heavy atom. The number of nitrogens with zero attached hydrogens (tertiary/aromatic N) is 2. The summed E-state index contributed by atoms with van der Waals surface area (Å²) in [4.78, 5) is 15.2. The molecule has 0 saturated carbocycles. The topological polar surface area (TPSA) is 49.0 Å². The lowest BCUT2D eigenvalue weighted by Gasteiger charge is -2.26. The Kier molecular flexibility index (Phi) is 4.60. The normalized spacial score (nSPS) is 15.6. The van der Waals surface area contributed by atoms with Gasteiger partial charge in [-0.3, -0.25) is 14.8 Å². The van der Waals surface area contributed by atoms with Crippen molar-refractivity contribution in [2.45, 2.75) is 6.04 Å². The van der Waals surface area contributed by atoms with Crippen LogP contribution in [0, 0.1) is 0 Å². The second-order valence-corrected chi connectivity index (χ2v) is 8.66. The molecule has 0 saturated heterocycles. The second kappa shape index (κ2) is 7.28. The van der Waals surface area contributed by atoms with Crippen LogP contribution >= 0.6 is 31.9 Å². The number of aromatic nitrogens is 2. The standard InChI is InChI=1S/C23H15Br2N3O/c24-16-10-6-14(7-11-16)20-19-21(27-26-20)23(29)28(18-4-2-1-3-5-18)22(19)15-8-12-17(25)13-9-15/h1-13,22H,(H,26,27)/t22-/m0/s1. The first kappa shape index (κ1) is 18.3. The smallest absolute Gasteiger partial charge is 0.277 e. The lowest BCUT2D eigenvalue weighted by molar-refractivity contribution is 0.0989. The van der Waals surface area contributed by atoms with Crippen molar-refractivity contribution < 1.29 is 4.79 Å². The average Bonchev–Trinajstić information content (AvgIpc) is 3.29. The molecule has 29 heavy (non-hydrogen) atoms. The van der Waals surface area contributed by atoms with E-state index in [1.165, 1.54) is 0 Å². The van der Waals surface area contributed by atoms with Crippen LogP contribution in [-0.4, -0.2) is 16.1 Å². The molecule has 0 spiro atoms. The third kappa shape index (κ3) is 3.12. The van der Waals surface area contributed by atoms with E-state index in [0.29, 0.717) is 5.69 Å². The molecule has 0 bridgehead atoms. The number of halogens is 2. The quantitative estimate of drug-likeness (QED) is 0.350. The molecule has 1 aliphatic heterocycles. The minimum Gasteiger partial charge on any atom is -0.295 e. The summed E-state index contributed by atoms with van der Waals surface area (Å²) in [5.41, 5.74) is 5.10. The fourth-order valence-corrected chi connectivity index (χ4v) is 4.32. The average molecular weight is 509 g/mol. The predicted molar refractivity (Wildman–Crippen MR) is 121 cm³/mol. The van der Waals surface area contributed by atoms with Crippen LogP contribution in [-0.2, 0) is 0 Å². The molecule has 1 atom stereocenters. The van der Waals surface area contributed by atoms with Crippen molar-refractivity contribution in [2.75, 3.05) is 4.90 Å². The van der Waals surface area contributed by atoms with Crippen molar-refractivity contribution in [1.29, 1.82) is 0 Å². The van der Waals surface area contributed by atoms with E-state index in [1.54, 1.807) is 0 Å². The maximum Gasteiger partial charge on any atom is 0.277 e. The lowest BCUT2D eigenvalue weighted by Crippen LogP contribution is -2.29. The number of benzene rings is 3. The molecule has 1 aromatic heterocycles. The fourth-order valence-electron chi connectivity index (χ4n) is 3.79. The van der Waals surface area contributed by atoms with Crippen LogP contribution in [0.4, 0.5) is 5.69 Å². The number of H-pyrrole nitrogens is 1. The molecular formula is C23H15Br2N3O. The number of hydrogen-bond donors (Lipinski definition) is 1. The first-order chi connectivity index (χ1) is 14.1.